The molecule has 2 N–H and O–H groups in total. The van der Waals surface area contributed by atoms with Gasteiger partial charge in [-0.05, 0) is 32.1 Å². The summed E-state index contributed by atoms with van der Waals surface area (Å²) in [5.74, 6) is 1.89. The number of nitrogens with one attached hydrogen (secondary N) is 2. The lowest BCUT2D eigenvalue weighted by Gasteiger charge is -2.08. The second-order valence-corrected chi connectivity index (χ2v) is 7.08. The van der Waals surface area contributed by atoms with Crippen LogP contribution in [0.15, 0.2) is 5.16 Å². The number of nitrogens with zero attached hydrogens (tertiary/aromatic N) is 3. The molecule has 0 saturated heterocycles. The predicted octanol–water partition coefficient (Wildman–Crippen LogP) is 2.14. The molecule has 0 spiro atoms. The quantitative estimate of drug-likeness (QED) is 0.708. The highest BCUT2D eigenvalue weighted by molar-refractivity contribution is 7.99. The maximum Gasteiger partial charge on any atom is 0.321 e. The number of hydrogen-bond donors (Lipinski definition) is 2. The monoisotopic (exact) mass is 339 g/mol. The molecule has 2 rings (SSSR count). The number of hydrogen-bond acceptors (Lipinski definition) is 5. The molecule has 128 valence electrons. The molecule has 0 radical (unpaired) electrons. The molecule has 1 saturated carbocycles. The predicted molar refractivity (Wildman–Crippen MR) is 89.4 cm³/mol. The van der Waals surface area contributed by atoms with Crippen LogP contribution in [0.5, 0.6) is 0 Å². The molecule has 1 aromatic rings. The van der Waals surface area contributed by atoms with Crippen molar-refractivity contribution in [1.29, 1.82) is 0 Å². The van der Waals surface area contributed by atoms with Crippen molar-refractivity contribution in [1.82, 2.24) is 25.4 Å². The van der Waals surface area contributed by atoms with Gasteiger partial charge in [0.2, 0.25) is 5.91 Å². The van der Waals surface area contributed by atoms with Crippen molar-refractivity contribution >= 4 is 23.7 Å². The van der Waals surface area contributed by atoms with Crippen molar-refractivity contribution in [3.8, 4) is 0 Å². The first-order valence-corrected chi connectivity index (χ1v) is 9.13. The molecule has 1 fully saturated rings. The maximum absolute atomic E-state index is 11.8. The Morgan fingerprint density at radius 3 is 2.70 bits per heavy atom. The summed E-state index contributed by atoms with van der Waals surface area (Å²) in [4.78, 5) is 23.4. The van der Waals surface area contributed by atoms with E-state index in [0.717, 1.165) is 23.9 Å². The average Bonchev–Trinajstić information content (AvgIpc) is 3.24. The minimum atomic E-state index is -0.438. The van der Waals surface area contributed by atoms with Crippen LogP contribution in [-0.4, -0.2) is 39.0 Å². The summed E-state index contributed by atoms with van der Waals surface area (Å²) in [7, 11) is 0. The Morgan fingerprint density at radius 1 is 1.35 bits per heavy atom. The second kappa shape index (κ2) is 8.33. The van der Waals surface area contributed by atoms with Crippen LogP contribution in [0.3, 0.4) is 0 Å². The third kappa shape index (κ3) is 5.53. The maximum atomic E-state index is 11.8. The molecule has 1 heterocycles. The number of aromatic nitrogens is 3. The molecule has 0 aliphatic heterocycles. The highest BCUT2D eigenvalue weighted by Gasteiger charge is 2.30. The van der Waals surface area contributed by atoms with Crippen LogP contribution in [-0.2, 0) is 11.3 Å². The van der Waals surface area contributed by atoms with Crippen LogP contribution in [0, 0.1) is 5.92 Å². The van der Waals surface area contributed by atoms with E-state index in [-0.39, 0.29) is 11.7 Å². The minimum Gasteiger partial charge on any atom is -0.338 e. The third-order valence-corrected chi connectivity index (χ3v) is 4.56. The van der Waals surface area contributed by atoms with E-state index < -0.39 is 6.03 Å². The number of amides is 3. The minimum absolute atomic E-state index is 0.153. The summed E-state index contributed by atoms with van der Waals surface area (Å²) < 4.78 is 2.05. The van der Waals surface area contributed by atoms with Gasteiger partial charge in [-0.15, -0.1) is 10.2 Å². The van der Waals surface area contributed by atoms with E-state index in [9.17, 15) is 9.59 Å². The van der Waals surface area contributed by atoms with Gasteiger partial charge in [-0.3, -0.25) is 10.1 Å². The molecule has 0 atom stereocenters. The van der Waals surface area contributed by atoms with Gasteiger partial charge in [0.25, 0.3) is 0 Å². The lowest BCUT2D eigenvalue weighted by molar-refractivity contribution is -0.117. The molecule has 1 aromatic heterocycles. The lowest BCUT2D eigenvalue weighted by atomic mass is 10.1. The summed E-state index contributed by atoms with van der Waals surface area (Å²) in [6.07, 6.45) is 3.22. The van der Waals surface area contributed by atoms with Gasteiger partial charge in [0.05, 0.1) is 5.75 Å². The van der Waals surface area contributed by atoms with E-state index in [1.54, 1.807) is 0 Å². The molecule has 1 aliphatic rings. The molecular formula is C15H25N5O2S. The van der Waals surface area contributed by atoms with Crippen molar-refractivity contribution in [3.63, 3.8) is 0 Å². The smallest absolute Gasteiger partial charge is 0.321 e. The molecule has 8 heteroatoms. The van der Waals surface area contributed by atoms with Crippen molar-refractivity contribution < 1.29 is 9.59 Å². The summed E-state index contributed by atoms with van der Waals surface area (Å²) in [5, 5.41) is 14.1. The molecule has 7 nitrogen and oxygen atoms in total. The first kappa shape index (κ1) is 17.8. The average molecular weight is 339 g/mol. The summed E-state index contributed by atoms with van der Waals surface area (Å²) >= 11 is 1.31. The Labute approximate surface area is 141 Å². The van der Waals surface area contributed by atoms with E-state index >= 15 is 0 Å². The molecule has 0 unspecified atom stereocenters. The fourth-order valence-electron chi connectivity index (χ4n) is 2.16. The number of carbonyl (C=O) groups excluding carboxylic acids is 2. The Kier molecular flexibility index (Phi) is 6.44. The second-order valence-electron chi connectivity index (χ2n) is 6.13. The van der Waals surface area contributed by atoms with E-state index in [2.05, 4.69) is 39.2 Å². The molecule has 3 amide bonds. The first-order valence-electron chi connectivity index (χ1n) is 8.14. The standard InChI is InChI=1S/C15H25N5O2S/c1-4-20-13(11-5-6-11)18-19-15(20)23-9-12(21)17-14(22)16-8-7-10(2)3/h10-11H,4-9H2,1-3H3,(H2,16,17,21,22). The molecular weight excluding hydrogens is 314 g/mol. The molecule has 0 aromatic carbocycles. The Morgan fingerprint density at radius 2 is 2.09 bits per heavy atom. The van der Waals surface area contributed by atoms with Crippen LogP contribution in [0.4, 0.5) is 4.79 Å². The zero-order valence-corrected chi connectivity index (χ0v) is 14.8. The van der Waals surface area contributed by atoms with Gasteiger partial charge in [0.1, 0.15) is 5.82 Å². The van der Waals surface area contributed by atoms with Crippen LogP contribution in [0.1, 0.15) is 51.8 Å². The number of thioether (sulfide) groups is 1. The number of carbonyl (C=O) groups is 2. The van der Waals surface area contributed by atoms with E-state index in [1.165, 1.54) is 24.6 Å². The van der Waals surface area contributed by atoms with Gasteiger partial charge in [-0.25, -0.2) is 4.79 Å². The lowest BCUT2D eigenvalue weighted by Crippen LogP contribution is -2.40. The highest BCUT2D eigenvalue weighted by atomic mass is 32.2. The van der Waals surface area contributed by atoms with E-state index in [1.807, 2.05) is 6.92 Å². The van der Waals surface area contributed by atoms with Crippen LogP contribution >= 0.6 is 11.8 Å². The van der Waals surface area contributed by atoms with Gasteiger partial charge in [-0.2, -0.15) is 0 Å². The topological polar surface area (TPSA) is 88.9 Å². The van der Waals surface area contributed by atoms with E-state index in [0.29, 0.717) is 18.4 Å². The zero-order valence-electron chi connectivity index (χ0n) is 14.0. The van der Waals surface area contributed by atoms with E-state index in [4.69, 9.17) is 0 Å². The van der Waals surface area contributed by atoms with Crippen LogP contribution < -0.4 is 10.6 Å². The fourth-order valence-corrected chi connectivity index (χ4v) is 2.97. The van der Waals surface area contributed by atoms with Crippen molar-refractivity contribution in [2.24, 2.45) is 5.92 Å². The Hall–Kier alpha value is -1.57. The Balaban J connectivity index is 1.75. The van der Waals surface area contributed by atoms with Crippen LogP contribution in [0.25, 0.3) is 0 Å². The van der Waals surface area contributed by atoms with Gasteiger partial charge in [0, 0.05) is 19.0 Å². The number of imide groups is 1. The fraction of sp³-hybridized carbons (Fsp3) is 0.733. The zero-order chi connectivity index (χ0) is 16.8. The highest BCUT2D eigenvalue weighted by Crippen LogP contribution is 2.39. The number of urea groups is 1. The first-order chi connectivity index (χ1) is 11.0. The molecule has 23 heavy (non-hydrogen) atoms. The van der Waals surface area contributed by atoms with Crippen molar-refractivity contribution in [2.75, 3.05) is 12.3 Å². The number of rotatable bonds is 8. The Bertz CT molecular complexity index is 554. The van der Waals surface area contributed by atoms with Gasteiger partial charge in [0.15, 0.2) is 5.16 Å². The normalized spacial score (nSPS) is 14.1. The molecule has 1 aliphatic carbocycles. The van der Waals surface area contributed by atoms with Crippen molar-refractivity contribution in [3.05, 3.63) is 5.82 Å². The van der Waals surface area contributed by atoms with Gasteiger partial charge in [-0.1, -0.05) is 25.6 Å². The largest absolute Gasteiger partial charge is 0.338 e. The molecule has 0 bridgehead atoms. The third-order valence-electron chi connectivity index (χ3n) is 3.60. The SMILES string of the molecule is CCn1c(SCC(=O)NC(=O)NCCC(C)C)nnc1C1CC1. The summed E-state index contributed by atoms with van der Waals surface area (Å²) in [6.45, 7) is 7.57. The van der Waals surface area contributed by atoms with Gasteiger partial charge < -0.3 is 9.88 Å². The summed E-state index contributed by atoms with van der Waals surface area (Å²) in [5.41, 5.74) is 0. The van der Waals surface area contributed by atoms with Crippen LogP contribution in [0.2, 0.25) is 0 Å². The summed E-state index contributed by atoms with van der Waals surface area (Å²) in [6, 6.07) is -0.438. The van der Waals surface area contributed by atoms with Gasteiger partial charge >= 0.3 is 6.03 Å². The van der Waals surface area contributed by atoms with Crippen molar-refractivity contribution in [2.45, 2.75) is 57.7 Å².